The summed E-state index contributed by atoms with van der Waals surface area (Å²) in [6.45, 7) is 0. The average Bonchev–Trinajstić information content (AvgIpc) is 3.66. The van der Waals surface area contributed by atoms with Crippen LogP contribution in [0.3, 0.4) is 0 Å². The third kappa shape index (κ3) is 5.88. The molecule has 57 heavy (non-hydrogen) atoms. The first-order chi connectivity index (χ1) is 28.2. The number of pyridine rings is 1. The van der Waals surface area contributed by atoms with Crippen molar-refractivity contribution < 1.29 is 9.15 Å². The second-order valence-electron chi connectivity index (χ2n) is 14.1. The molecule has 0 aliphatic carbocycles. The second-order valence-corrected chi connectivity index (χ2v) is 14.1. The first kappa shape index (κ1) is 32.6. The van der Waals surface area contributed by atoms with Crippen molar-refractivity contribution in [3.05, 3.63) is 194 Å². The van der Waals surface area contributed by atoms with E-state index >= 15 is 0 Å². The molecule has 1 aliphatic heterocycles. The largest absolute Gasteiger partial charge is 0.456 e. The van der Waals surface area contributed by atoms with Crippen LogP contribution in [0, 0.1) is 0 Å². The highest BCUT2D eigenvalue weighted by Gasteiger charge is 2.26. The van der Waals surface area contributed by atoms with Crippen LogP contribution in [0.25, 0.3) is 78.1 Å². The predicted molar refractivity (Wildman–Crippen MR) is 229 cm³/mol. The molecular weight excluding hydrogens is 701 g/mol. The molecule has 11 rings (SSSR count). The van der Waals surface area contributed by atoms with E-state index in [2.05, 4.69) is 107 Å². The van der Waals surface area contributed by atoms with Gasteiger partial charge in [0.05, 0.1) is 22.8 Å². The predicted octanol–water partition coefficient (Wildman–Crippen LogP) is 13.7. The number of benzene rings is 7. The van der Waals surface area contributed by atoms with Crippen LogP contribution in [0.5, 0.6) is 11.5 Å². The zero-order valence-corrected chi connectivity index (χ0v) is 30.6. The summed E-state index contributed by atoms with van der Waals surface area (Å²) in [5.74, 6) is 2.23. The highest BCUT2D eigenvalue weighted by atomic mass is 16.5. The number of fused-ring (bicyclic) bond motifs is 5. The summed E-state index contributed by atoms with van der Waals surface area (Å²) < 4.78 is 12.7. The molecule has 0 spiro atoms. The fraction of sp³-hybridized carbons (Fsp3) is 0. The summed E-state index contributed by atoms with van der Waals surface area (Å²) in [6, 6.07) is 62.6. The van der Waals surface area contributed by atoms with E-state index in [1.54, 1.807) is 0 Å². The number of hydrogen-bond donors (Lipinski definition) is 0. The van der Waals surface area contributed by atoms with Gasteiger partial charge in [-0.15, -0.1) is 0 Å². The molecule has 0 N–H and O–H groups in total. The number of hydrogen-bond acceptors (Lipinski definition) is 6. The first-order valence-corrected chi connectivity index (χ1v) is 18.9. The van der Waals surface area contributed by atoms with Crippen LogP contribution in [0.2, 0.25) is 0 Å². The van der Waals surface area contributed by atoms with Crippen molar-refractivity contribution in [2.24, 2.45) is 0 Å². The van der Waals surface area contributed by atoms with Gasteiger partial charge in [0.2, 0.25) is 0 Å². The molecule has 0 atom stereocenters. The van der Waals surface area contributed by atoms with Gasteiger partial charge in [-0.25, -0.2) is 9.97 Å². The van der Waals surface area contributed by atoms with E-state index in [0.29, 0.717) is 5.82 Å². The van der Waals surface area contributed by atoms with Crippen LogP contribution in [0.1, 0.15) is 0 Å². The first-order valence-electron chi connectivity index (χ1n) is 18.9. The van der Waals surface area contributed by atoms with Gasteiger partial charge in [0.25, 0.3) is 0 Å². The van der Waals surface area contributed by atoms with Gasteiger partial charge >= 0.3 is 0 Å². The summed E-state index contributed by atoms with van der Waals surface area (Å²) in [6.07, 6.45) is 3.65. The Morgan fingerprint density at radius 2 is 0.965 bits per heavy atom. The van der Waals surface area contributed by atoms with Gasteiger partial charge in [-0.1, -0.05) is 103 Å². The Hall–Kier alpha value is -7.83. The molecule has 4 heterocycles. The van der Waals surface area contributed by atoms with Crippen molar-refractivity contribution in [1.29, 1.82) is 0 Å². The monoisotopic (exact) mass is 732 g/mol. The average molecular weight is 733 g/mol. The van der Waals surface area contributed by atoms with Crippen LogP contribution in [-0.4, -0.2) is 15.0 Å². The van der Waals surface area contributed by atoms with Crippen molar-refractivity contribution in [1.82, 2.24) is 15.0 Å². The smallest absolute Gasteiger partial charge is 0.160 e. The number of anilines is 3. The normalized spacial score (nSPS) is 12.0. The van der Waals surface area contributed by atoms with Gasteiger partial charge in [0.1, 0.15) is 11.2 Å². The molecule has 0 radical (unpaired) electrons. The maximum Gasteiger partial charge on any atom is 0.160 e. The zero-order chi connectivity index (χ0) is 37.7. The maximum atomic E-state index is 6.42. The maximum absolute atomic E-state index is 6.42. The molecule has 0 fully saturated rings. The van der Waals surface area contributed by atoms with E-state index < -0.39 is 0 Å². The molecule has 0 saturated heterocycles. The molecular formula is C51H32N4O2. The van der Waals surface area contributed by atoms with Crippen molar-refractivity contribution in [2.75, 3.05) is 4.90 Å². The van der Waals surface area contributed by atoms with Crippen molar-refractivity contribution >= 4 is 39.0 Å². The number of para-hydroxylation sites is 5. The van der Waals surface area contributed by atoms with Gasteiger partial charge in [0.15, 0.2) is 17.3 Å². The Balaban J connectivity index is 1.12. The lowest BCUT2D eigenvalue weighted by atomic mass is 9.96. The minimum atomic E-state index is 0.642. The second kappa shape index (κ2) is 13.5. The van der Waals surface area contributed by atoms with E-state index in [1.807, 2.05) is 97.3 Å². The molecule has 6 nitrogen and oxygen atoms in total. The molecule has 1 aliphatic rings. The van der Waals surface area contributed by atoms with Gasteiger partial charge < -0.3 is 14.1 Å². The van der Waals surface area contributed by atoms with Crippen molar-refractivity contribution in [3.63, 3.8) is 0 Å². The molecule has 0 amide bonds. The van der Waals surface area contributed by atoms with Crippen LogP contribution >= 0.6 is 0 Å². The summed E-state index contributed by atoms with van der Waals surface area (Å²) in [5.41, 5.74) is 13.4. The molecule has 268 valence electrons. The topological polar surface area (TPSA) is 64.3 Å². The molecule has 7 aromatic carbocycles. The fourth-order valence-electron chi connectivity index (χ4n) is 7.78. The Labute approximate surface area is 329 Å². The van der Waals surface area contributed by atoms with Gasteiger partial charge in [-0.05, 0) is 101 Å². The van der Waals surface area contributed by atoms with Crippen molar-refractivity contribution in [2.45, 2.75) is 0 Å². The molecule has 3 aromatic heterocycles. The standard InChI is InChI=1S/C51H32N4O2/c1-2-10-36(11-3-1)51-53-43(37-22-23-42-41-12-4-7-15-47(41)56-50(42)31-37)32-44(54-51)39-28-38(34-20-18-33(19-21-34)35-24-26-52-27-25-35)29-40(30-39)55-45-13-5-8-16-48(45)57-49-17-9-6-14-46(49)55/h1-32H. The van der Waals surface area contributed by atoms with Crippen LogP contribution in [-0.2, 0) is 0 Å². The fourth-order valence-corrected chi connectivity index (χ4v) is 7.78. The highest BCUT2D eigenvalue weighted by molar-refractivity contribution is 6.06. The minimum absolute atomic E-state index is 0.642. The Morgan fingerprint density at radius 3 is 1.72 bits per heavy atom. The Bertz CT molecular complexity index is 3060. The molecule has 6 heteroatoms. The summed E-state index contributed by atoms with van der Waals surface area (Å²) in [7, 11) is 0. The van der Waals surface area contributed by atoms with E-state index in [-0.39, 0.29) is 0 Å². The van der Waals surface area contributed by atoms with E-state index in [1.165, 1.54) is 0 Å². The third-order valence-electron chi connectivity index (χ3n) is 10.6. The minimum Gasteiger partial charge on any atom is -0.456 e. The molecule has 0 bridgehead atoms. The summed E-state index contributed by atoms with van der Waals surface area (Å²) in [4.78, 5) is 16.9. The number of rotatable bonds is 6. The number of furan rings is 1. The van der Waals surface area contributed by atoms with E-state index in [9.17, 15) is 0 Å². The molecule has 0 saturated carbocycles. The lowest BCUT2D eigenvalue weighted by molar-refractivity contribution is 0.477. The van der Waals surface area contributed by atoms with E-state index in [0.717, 1.165) is 101 Å². The molecule has 10 aromatic rings. The molecule has 0 unspecified atom stereocenters. The summed E-state index contributed by atoms with van der Waals surface area (Å²) >= 11 is 0. The highest BCUT2D eigenvalue weighted by Crippen LogP contribution is 2.51. The van der Waals surface area contributed by atoms with Crippen LogP contribution in [0.4, 0.5) is 17.1 Å². The Kier molecular flexibility index (Phi) is 7.71. The summed E-state index contributed by atoms with van der Waals surface area (Å²) in [5, 5.41) is 2.17. The number of ether oxygens (including phenoxy) is 1. The third-order valence-corrected chi connectivity index (χ3v) is 10.6. The number of aromatic nitrogens is 3. The Morgan fingerprint density at radius 1 is 0.386 bits per heavy atom. The van der Waals surface area contributed by atoms with Crippen molar-refractivity contribution in [3.8, 4) is 67.7 Å². The number of nitrogens with zero attached hydrogens (tertiary/aromatic N) is 4. The van der Waals surface area contributed by atoms with Gasteiger partial charge in [-0.2, -0.15) is 0 Å². The zero-order valence-electron chi connectivity index (χ0n) is 30.6. The van der Waals surface area contributed by atoms with E-state index in [4.69, 9.17) is 19.1 Å². The SMILES string of the molecule is c1ccc(-c2nc(-c3cc(-c4ccc(-c5ccncc5)cc4)cc(N4c5ccccc5Oc5ccccc54)c3)cc(-c3ccc4c(c3)oc3ccccc34)n2)cc1. The van der Waals surface area contributed by atoms with Gasteiger partial charge in [-0.3, -0.25) is 4.98 Å². The van der Waals surface area contributed by atoms with Gasteiger partial charge in [0, 0.05) is 45.5 Å². The lowest BCUT2D eigenvalue weighted by Gasteiger charge is -2.33. The lowest BCUT2D eigenvalue weighted by Crippen LogP contribution is -2.15. The van der Waals surface area contributed by atoms with Crippen LogP contribution in [0.15, 0.2) is 199 Å². The quantitative estimate of drug-likeness (QED) is 0.170. The van der Waals surface area contributed by atoms with Crippen LogP contribution < -0.4 is 9.64 Å².